The van der Waals surface area contributed by atoms with Crippen molar-refractivity contribution in [1.29, 1.82) is 0 Å². The Balaban J connectivity index is 2.16. The number of hydrogen-bond acceptors (Lipinski definition) is 6. The molecular weight excluding hydrogens is 310 g/mol. The van der Waals surface area contributed by atoms with Gasteiger partial charge in [0, 0.05) is 11.6 Å². The molecule has 1 N–H and O–H groups in total. The van der Waals surface area contributed by atoms with Gasteiger partial charge in [0.2, 0.25) is 5.75 Å². The molecule has 0 bridgehead atoms. The molecule has 0 aromatic heterocycles. The number of hydrogen-bond donors (Lipinski definition) is 1. The van der Waals surface area contributed by atoms with Crippen molar-refractivity contribution in [1.82, 2.24) is 5.43 Å². The molecule has 0 aliphatic rings. The molecule has 0 aliphatic heterocycles. The van der Waals surface area contributed by atoms with Gasteiger partial charge in [-0.15, -0.1) is 0 Å². The number of benzene rings is 2. The van der Waals surface area contributed by atoms with Crippen LogP contribution in [-0.4, -0.2) is 24.9 Å². The van der Waals surface area contributed by atoms with Gasteiger partial charge >= 0.3 is 5.69 Å². The normalized spacial score (nSPS) is 10.6. The smallest absolute Gasteiger partial charge is 0.315 e. The standard InChI is InChI=1S/C17H19N3O4/c1-3-24-17-15(20(21)22)9-14(10-16(17)23-2)12-19-18-11-13-7-5-4-6-8-13/h4-10,12,18H,3,11H2,1-2H3. The first-order chi connectivity index (χ1) is 11.7. The van der Waals surface area contributed by atoms with E-state index < -0.39 is 4.92 Å². The number of nitrogens with one attached hydrogen (secondary N) is 1. The highest BCUT2D eigenvalue weighted by molar-refractivity contribution is 5.83. The molecule has 7 nitrogen and oxygen atoms in total. The molecule has 24 heavy (non-hydrogen) atoms. The first-order valence-electron chi connectivity index (χ1n) is 7.44. The zero-order valence-corrected chi connectivity index (χ0v) is 13.6. The SMILES string of the molecule is CCOc1c(OC)cc(C=NNCc2ccccc2)cc1[N+](=O)[O-]. The summed E-state index contributed by atoms with van der Waals surface area (Å²) in [6.07, 6.45) is 1.51. The number of methoxy groups -OCH3 is 1. The van der Waals surface area contributed by atoms with Crippen molar-refractivity contribution in [2.24, 2.45) is 5.10 Å². The van der Waals surface area contributed by atoms with Gasteiger partial charge in [0.1, 0.15) is 0 Å². The summed E-state index contributed by atoms with van der Waals surface area (Å²) in [7, 11) is 1.44. The third-order valence-electron chi connectivity index (χ3n) is 3.19. The van der Waals surface area contributed by atoms with E-state index in [4.69, 9.17) is 9.47 Å². The van der Waals surface area contributed by atoms with Gasteiger partial charge in [-0.25, -0.2) is 0 Å². The Hall–Kier alpha value is -3.09. The van der Waals surface area contributed by atoms with Crippen molar-refractivity contribution >= 4 is 11.9 Å². The van der Waals surface area contributed by atoms with E-state index in [1.807, 2.05) is 30.3 Å². The summed E-state index contributed by atoms with van der Waals surface area (Å²) in [5.41, 5.74) is 4.38. The molecule has 2 rings (SSSR count). The van der Waals surface area contributed by atoms with Crippen LogP contribution < -0.4 is 14.9 Å². The molecule has 0 saturated heterocycles. The molecule has 0 amide bonds. The molecule has 126 valence electrons. The van der Waals surface area contributed by atoms with E-state index in [1.165, 1.54) is 19.4 Å². The van der Waals surface area contributed by atoms with Gasteiger partial charge in [-0.1, -0.05) is 30.3 Å². The minimum atomic E-state index is -0.498. The van der Waals surface area contributed by atoms with Crippen LogP contribution in [0.3, 0.4) is 0 Å². The lowest BCUT2D eigenvalue weighted by molar-refractivity contribution is -0.385. The Morgan fingerprint density at radius 1 is 1.29 bits per heavy atom. The van der Waals surface area contributed by atoms with Crippen molar-refractivity contribution < 1.29 is 14.4 Å². The van der Waals surface area contributed by atoms with Gasteiger partial charge < -0.3 is 14.9 Å². The van der Waals surface area contributed by atoms with Crippen LogP contribution in [0.25, 0.3) is 0 Å². The summed E-state index contributed by atoms with van der Waals surface area (Å²) in [6, 6.07) is 12.8. The summed E-state index contributed by atoms with van der Waals surface area (Å²) in [6.45, 7) is 2.63. The third kappa shape index (κ3) is 4.45. The maximum absolute atomic E-state index is 11.2. The second-order valence-corrected chi connectivity index (χ2v) is 4.84. The van der Waals surface area contributed by atoms with Crippen LogP contribution in [0.2, 0.25) is 0 Å². The average molecular weight is 329 g/mol. The lowest BCUT2D eigenvalue weighted by Gasteiger charge is -2.10. The van der Waals surface area contributed by atoms with Crippen molar-refractivity contribution in [3.63, 3.8) is 0 Å². The fourth-order valence-electron chi connectivity index (χ4n) is 2.11. The number of nitrogens with zero attached hydrogens (tertiary/aromatic N) is 2. The average Bonchev–Trinajstić information content (AvgIpc) is 2.60. The van der Waals surface area contributed by atoms with Crippen molar-refractivity contribution in [3.8, 4) is 11.5 Å². The lowest BCUT2D eigenvalue weighted by Crippen LogP contribution is -2.06. The fraction of sp³-hybridized carbons (Fsp3) is 0.235. The summed E-state index contributed by atoms with van der Waals surface area (Å²) >= 11 is 0. The monoisotopic (exact) mass is 329 g/mol. The number of ether oxygens (including phenoxy) is 2. The van der Waals surface area contributed by atoms with E-state index in [0.29, 0.717) is 24.5 Å². The highest BCUT2D eigenvalue weighted by Crippen LogP contribution is 2.37. The van der Waals surface area contributed by atoms with Gasteiger partial charge in [-0.3, -0.25) is 10.1 Å². The Labute approximate surface area is 140 Å². The van der Waals surface area contributed by atoms with E-state index in [-0.39, 0.29) is 11.4 Å². The summed E-state index contributed by atoms with van der Waals surface area (Å²) in [4.78, 5) is 10.7. The van der Waals surface area contributed by atoms with Crippen molar-refractivity contribution in [2.75, 3.05) is 13.7 Å². The van der Waals surface area contributed by atoms with Gasteiger partial charge in [-0.05, 0) is 18.6 Å². The van der Waals surface area contributed by atoms with Crippen LogP contribution in [0.15, 0.2) is 47.6 Å². The van der Waals surface area contributed by atoms with Gasteiger partial charge in [0.15, 0.2) is 5.75 Å². The molecular formula is C17H19N3O4. The number of nitro benzene ring substituents is 1. The lowest BCUT2D eigenvalue weighted by atomic mass is 10.2. The molecule has 0 radical (unpaired) electrons. The number of rotatable bonds is 8. The van der Waals surface area contributed by atoms with Crippen LogP contribution in [-0.2, 0) is 6.54 Å². The summed E-state index contributed by atoms with van der Waals surface area (Å²) < 4.78 is 10.5. The number of nitro groups is 1. The largest absolute Gasteiger partial charge is 0.493 e. The minimum absolute atomic E-state index is 0.124. The second-order valence-electron chi connectivity index (χ2n) is 4.84. The molecule has 0 saturated carbocycles. The van der Waals surface area contributed by atoms with Gasteiger partial charge in [0.05, 0.1) is 31.4 Å². The highest BCUT2D eigenvalue weighted by atomic mass is 16.6. The van der Waals surface area contributed by atoms with Crippen LogP contribution in [0.1, 0.15) is 18.1 Å². The van der Waals surface area contributed by atoms with Crippen LogP contribution >= 0.6 is 0 Å². The van der Waals surface area contributed by atoms with E-state index in [2.05, 4.69) is 10.5 Å². The highest BCUT2D eigenvalue weighted by Gasteiger charge is 2.21. The van der Waals surface area contributed by atoms with Gasteiger partial charge in [0.25, 0.3) is 0 Å². The second kappa shape index (κ2) is 8.52. The molecule has 0 spiro atoms. The topological polar surface area (TPSA) is 86.0 Å². The van der Waals surface area contributed by atoms with Crippen LogP contribution in [0, 0.1) is 10.1 Å². The molecule has 0 unspecified atom stereocenters. The van der Waals surface area contributed by atoms with E-state index in [1.54, 1.807) is 13.0 Å². The maximum atomic E-state index is 11.2. The predicted octanol–water partition coefficient (Wildman–Crippen LogP) is 3.13. The van der Waals surface area contributed by atoms with E-state index >= 15 is 0 Å². The first-order valence-corrected chi connectivity index (χ1v) is 7.44. The van der Waals surface area contributed by atoms with Crippen LogP contribution in [0.5, 0.6) is 11.5 Å². The Morgan fingerprint density at radius 2 is 2.04 bits per heavy atom. The Bertz CT molecular complexity index is 717. The Kier molecular flexibility index (Phi) is 6.13. The van der Waals surface area contributed by atoms with E-state index in [9.17, 15) is 10.1 Å². The minimum Gasteiger partial charge on any atom is -0.493 e. The molecule has 0 atom stereocenters. The van der Waals surface area contributed by atoms with Crippen molar-refractivity contribution in [2.45, 2.75) is 13.5 Å². The van der Waals surface area contributed by atoms with Crippen LogP contribution in [0.4, 0.5) is 5.69 Å². The molecule has 0 aliphatic carbocycles. The molecule has 0 fully saturated rings. The zero-order chi connectivity index (χ0) is 17.4. The van der Waals surface area contributed by atoms with Gasteiger partial charge in [-0.2, -0.15) is 5.10 Å². The van der Waals surface area contributed by atoms with Crippen molar-refractivity contribution in [3.05, 3.63) is 63.7 Å². The Morgan fingerprint density at radius 3 is 2.67 bits per heavy atom. The number of hydrazone groups is 1. The summed E-state index contributed by atoms with van der Waals surface area (Å²) in [5.74, 6) is 0.426. The third-order valence-corrected chi connectivity index (χ3v) is 3.19. The maximum Gasteiger partial charge on any atom is 0.315 e. The molecule has 2 aromatic carbocycles. The zero-order valence-electron chi connectivity index (χ0n) is 13.6. The molecule has 7 heteroatoms. The quantitative estimate of drug-likeness (QED) is 0.457. The molecule has 0 heterocycles. The first kappa shape index (κ1) is 17.3. The fourth-order valence-corrected chi connectivity index (χ4v) is 2.11. The molecule has 2 aromatic rings. The summed E-state index contributed by atoms with van der Waals surface area (Å²) in [5, 5.41) is 15.3. The van der Waals surface area contributed by atoms with E-state index in [0.717, 1.165) is 5.56 Å². The predicted molar refractivity (Wildman–Crippen MR) is 91.7 cm³/mol.